The molecule has 3 nitrogen and oxygen atoms in total. The number of nitrogens with one attached hydrogen (secondary N) is 1. The van der Waals surface area contributed by atoms with Crippen LogP contribution in [0.1, 0.15) is 34.6 Å². The molecule has 1 N–H and O–H groups in total. The van der Waals surface area contributed by atoms with E-state index in [1.807, 2.05) is 56.3 Å². The fraction of sp³-hybridized carbons (Fsp3) is 0.125. The number of carbonyl (C=O) groups excluding carboxylic acids is 1. The van der Waals surface area contributed by atoms with E-state index in [4.69, 9.17) is 4.42 Å². The van der Waals surface area contributed by atoms with E-state index in [0.29, 0.717) is 5.76 Å². The van der Waals surface area contributed by atoms with Crippen LogP contribution in [0.25, 0.3) is 22.1 Å². The predicted octanol–water partition coefficient (Wildman–Crippen LogP) is 5.90. The van der Waals surface area contributed by atoms with Crippen molar-refractivity contribution in [2.24, 2.45) is 0 Å². The van der Waals surface area contributed by atoms with E-state index in [2.05, 4.69) is 41.7 Å². The molecule has 4 rings (SSSR count). The van der Waals surface area contributed by atoms with Gasteiger partial charge in [0, 0.05) is 10.9 Å². The SMILES string of the molecule is Cc1c(C(=O)NC(C)c2ccc(-c3ccccc3)cc2)oc2ccccc12. The van der Waals surface area contributed by atoms with Gasteiger partial charge in [-0.1, -0.05) is 72.8 Å². The third-order valence-corrected chi connectivity index (χ3v) is 4.92. The van der Waals surface area contributed by atoms with Gasteiger partial charge in [0.05, 0.1) is 6.04 Å². The maximum absolute atomic E-state index is 12.7. The largest absolute Gasteiger partial charge is 0.451 e. The number of para-hydroxylation sites is 1. The van der Waals surface area contributed by atoms with Crippen LogP contribution < -0.4 is 5.32 Å². The molecule has 1 aromatic heterocycles. The molecule has 0 saturated carbocycles. The summed E-state index contributed by atoms with van der Waals surface area (Å²) in [5.41, 5.74) is 5.00. The van der Waals surface area contributed by atoms with Crippen LogP contribution in [0.15, 0.2) is 83.3 Å². The van der Waals surface area contributed by atoms with Gasteiger partial charge in [-0.3, -0.25) is 4.79 Å². The number of hydrogen-bond donors (Lipinski definition) is 1. The van der Waals surface area contributed by atoms with E-state index in [1.165, 1.54) is 5.56 Å². The zero-order chi connectivity index (χ0) is 18.8. The normalized spacial score (nSPS) is 12.1. The summed E-state index contributed by atoms with van der Waals surface area (Å²) in [7, 11) is 0. The fourth-order valence-corrected chi connectivity index (χ4v) is 3.33. The average Bonchev–Trinajstić information content (AvgIpc) is 3.06. The van der Waals surface area contributed by atoms with Crippen molar-refractivity contribution < 1.29 is 9.21 Å². The molecule has 1 heterocycles. The molecule has 3 aromatic carbocycles. The number of amides is 1. The summed E-state index contributed by atoms with van der Waals surface area (Å²) in [6.07, 6.45) is 0. The first-order chi connectivity index (χ1) is 13.1. The molecular weight excluding hydrogens is 334 g/mol. The van der Waals surface area contributed by atoms with Crippen LogP contribution in [-0.4, -0.2) is 5.91 Å². The quantitative estimate of drug-likeness (QED) is 0.495. The third kappa shape index (κ3) is 3.36. The van der Waals surface area contributed by atoms with E-state index in [1.54, 1.807) is 0 Å². The van der Waals surface area contributed by atoms with Gasteiger partial charge in [0.25, 0.3) is 5.91 Å². The fourth-order valence-electron chi connectivity index (χ4n) is 3.33. The second-order valence-electron chi connectivity index (χ2n) is 6.74. The second kappa shape index (κ2) is 7.12. The lowest BCUT2D eigenvalue weighted by Gasteiger charge is -2.14. The summed E-state index contributed by atoms with van der Waals surface area (Å²) in [6, 6.07) is 26.1. The molecule has 0 fully saturated rings. The monoisotopic (exact) mass is 355 g/mol. The lowest BCUT2D eigenvalue weighted by Crippen LogP contribution is -2.26. The summed E-state index contributed by atoms with van der Waals surface area (Å²) in [5, 5.41) is 4.02. The molecule has 1 unspecified atom stereocenters. The van der Waals surface area contributed by atoms with Crippen molar-refractivity contribution in [2.75, 3.05) is 0 Å². The van der Waals surface area contributed by atoms with Crippen molar-refractivity contribution in [2.45, 2.75) is 19.9 Å². The number of hydrogen-bond acceptors (Lipinski definition) is 2. The smallest absolute Gasteiger partial charge is 0.287 e. The lowest BCUT2D eigenvalue weighted by atomic mass is 10.0. The summed E-state index contributed by atoms with van der Waals surface area (Å²) < 4.78 is 5.76. The maximum atomic E-state index is 12.7. The first-order valence-corrected chi connectivity index (χ1v) is 9.08. The van der Waals surface area contributed by atoms with Crippen LogP contribution in [0.4, 0.5) is 0 Å². The highest BCUT2D eigenvalue weighted by Gasteiger charge is 2.19. The number of carbonyl (C=O) groups is 1. The van der Waals surface area contributed by atoms with Crippen LogP contribution in [-0.2, 0) is 0 Å². The Bertz CT molecular complexity index is 1080. The molecule has 0 aliphatic heterocycles. The number of fused-ring (bicyclic) bond motifs is 1. The Morgan fingerprint density at radius 1 is 0.852 bits per heavy atom. The van der Waals surface area contributed by atoms with E-state index in [0.717, 1.165) is 27.7 Å². The number of rotatable bonds is 4. The van der Waals surface area contributed by atoms with E-state index >= 15 is 0 Å². The van der Waals surface area contributed by atoms with Crippen LogP contribution in [0, 0.1) is 6.92 Å². The Balaban J connectivity index is 1.52. The van der Waals surface area contributed by atoms with Gasteiger partial charge in [0.1, 0.15) is 5.58 Å². The van der Waals surface area contributed by atoms with Crippen LogP contribution in [0.5, 0.6) is 0 Å². The highest BCUT2D eigenvalue weighted by molar-refractivity contribution is 5.99. The molecule has 0 aliphatic carbocycles. The molecule has 27 heavy (non-hydrogen) atoms. The van der Waals surface area contributed by atoms with Gasteiger partial charge >= 0.3 is 0 Å². The standard InChI is InChI=1S/C24H21NO2/c1-16-21-10-6-7-11-22(21)27-23(16)24(26)25-17(2)18-12-14-20(15-13-18)19-8-4-3-5-9-19/h3-15,17H,1-2H3,(H,25,26). The van der Waals surface area contributed by atoms with Crippen molar-refractivity contribution in [1.29, 1.82) is 0 Å². The zero-order valence-corrected chi connectivity index (χ0v) is 15.4. The lowest BCUT2D eigenvalue weighted by molar-refractivity contribution is 0.0913. The van der Waals surface area contributed by atoms with Crippen molar-refractivity contribution in [3.05, 3.63) is 95.7 Å². The second-order valence-corrected chi connectivity index (χ2v) is 6.74. The summed E-state index contributed by atoms with van der Waals surface area (Å²) in [4.78, 5) is 12.7. The molecule has 0 bridgehead atoms. The van der Waals surface area contributed by atoms with Crippen molar-refractivity contribution >= 4 is 16.9 Å². The van der Waals surface area contributed by atoms with Crippen LogP contribution in [0.2, 0.25) is 0 Å². The maximum Gasteiger partial charge on any atom is 0.287 e. The molecule has 3 heteroatoms. The van der Waals surface area contributed by atoms with E-state index < -0.39 is 0 Å². The summed E-state index contributed by atoms with van der Waals surface area (Å²) in [5.74, 6) is 0.187. The molecule has 1 atom stereocenters. The highest BCUT2D eigenvalue weighted by Crippen LogP contribution is 2.26. The highest BCUT2D eigenvalue weighted by atomic mass is 16.3. The van der Waals surface area contributed by atoms with Crippen molar-refractivity contribution in [1.82, 2.24) is 5.32 Å². The molecule has 0 spiro atoms. The van der Waals surface area contributed by atoms with Crippen LogP contribution in [0.3, 0.4) is 0 Å². The van der Waals surface area contributed by atoms with Gasteiger partial charge in [-0.25, -0.2) is 0 Å². The van der Waals surface area contributed by atoms with E-state index in [9.17, 15) is 4.79 Å². The minimum Gasteiger partial charge on any atom is -0.451 e. The molecule has 4 aromatic rings. The van der Waals surface area contributed by atoms with Gasteiger partial charge in [-0.05, 0) is 36.6 Å². The Labute approximate surface area is 158 Å². The van der Waals surface area contributed by atoms with Crippen molar-refractivity contribution in [3.8, 4) is 11.1 Å². The van der Waals surface area contributed by atoms with Gasteiger partial charge in [0.15, 0.2) is 5.76 Å². The summed E-state index contributed by atoms with van der Waals surface area (Å²) >= 11 is 0. The zero-order valence-electron chi connectivity index (χ0n) is 15.4. The van der Waals surface area contributed by atoms with Gasteiger partial charge in [-0.2, -0.15) is 0 Å². The number of benzene rings is 3. The minimum absolute atomic E-state index is 0.116. The van der Waals surface area contributed by atoms with Gasteiger partial charge in [-0.15, -0.1) is 0 Å². The topological polar surface area (TPSA) is 42.2 Å². The minimum atomic E-state index is -0.191. The molecule has 1 amide bonds. The first-order valence-electron chi connectivity index (χ1n) is 9.08. The Morgan fingerprint density at radius 3 is 2.19 bits per heavy atom. The first kappa shape index (κ1) is 17.1. The Morgan fingerprint density at radius 2 is 1.48 bits per heavy atom. The van der Waals surface area contributed by atoms with Crippen molar-refractivity contribution in [3.63, 3.8) is 0 Å². The Hall–Kier alpha value is -3.33. The molecule has 0 aliphatic rings. The summed E-state index contributed by atoms with van der Waals surface area (Å²) in [6.45, 7) is 3.90. The molecule has 0 radical (unpaired) electrons. The van der Waals surface area contributed by atoms with Gasteiger partial charge < -0.3 is 9.73 Å². The van der Waals surface area contributed by atoms with E-state index in [-0.39, 0.29) is 11.9 Å². The third-order valence-electron chi connectivity index (χ3n) is 4.92. The van der Waals surface area contributed by atoms with Gasteiger partial charge in [0.2, 0.25) is 0 Å². The van der Waals surface area contributed by atoms with Crippen LogP contribution >= 0.6 is 0 Å². The average molecular weight is 355 g/mol. The number of furan rings is 1. The molecule has 0 saturated heterocycles. The molecule has 134 valence electrons. The predicted molar refractivity (Wildman–Crippen MR) is 109 cm³/mol. The molecular formula is C24H21NO2. The number of aryl methyl sites for hydroxylation is 1. The Kier molecular flexibility index (Phi) is 4.51.